The van der Waals surface area contributed by atoms with Crippen LogP contribution in [0.15, 0.2) is 42.5 Å². The maximum absolute atomic E-state index is 13.3. The van der Waals surface area contributed by atoms with Gasteiger partial charge in [-0.1, -0.05) is 25.5 Å². The minimum absolute atomic E-state index is 0.122. The smallest absolute Gasteiger partial charge is 0.282 e. The Balaban J connectivity index is 1.93. The first-order valence-corrected chi connectivity index (χ1v) is 10.5. The molecule has 11 nitrogen and oxygen atoms in total. The second kappa shape index (κ2) is 8.86. The minimum atomic E-state index is -1.18. The van der Waals surface area contributed by atoms with Crippen LogP contribution in [0.3, 0.4) is 0 Å². The lowest BCUT2D eigenvalue weighted by Crippen LogP contribution is -2.24. The SMILES string of the molecule is CCCCOc1ccc(-c2cc([N+](=O)[O-])c3c(c2O)C(=O)c2c([N+](=O)[O-])ccc(O)c2C3=O)cc1. The number of carbonyl (C=O) groups is 2. The predicted molar refractivity (Wildman–Crippen MR) is 122 cm³/mol. The molecule has 0 atom stereocenters. The quantitative estimate of drug-likeness (QED) is 0.220. The molecule has 3 aromatic rings. The number of aromatic hydroxyl groups is 2. The highest BCUT2D eigenvalue weighted by Gasteiger charge is 2.44. The Labute approximate surface area is 197 Å². The lowest BCUT2D eigenvalue weighted by molar-refractivity contribution is -0.385. The molecule has 0 saturated carbocycles. The Hall–Kier alpha value is -4.80. The van der Waals surface area contributed by atoms with Crippen molar-refractivity contribution in [2.24, 2.45) is 0 Å². The van der Waals surface area contributed by atoms with Crippen LogP contribution in [0, 0.1) is 20.2 Å². The van der Waals surface area contributed by atoms with E-state index in [1.807, 2.05) is 6.92 Å². The minimum Gasteiger partial charge on any atom is -0.507 e. The van der Waals surface area contributed by atoms with Crippen LogP contribution < -0.4 is 4.74 Å². The van der Waals surface area contributed by atoms with Crippen molar-refractivity contribution in [3.8, 4) is 28.4 Å². The molecule has 2 N–H and O–H groups in total. The van der Waals surface area contributed by atoms with Gasteiger partial charge in [-0.25, -0.2) is 0 Å². The van der Waals surface area contributed by atoms with Gasteiger partial charge in [-0.3, -0.25) is 29.8 Å². The van der Waals surface area contributed by atoms with Crippen LogP contribution in [0.1, 0.15) is 51.6 Å². The Bertz CT molecular complexity index is 1410. The van der Waals surface area contributed by atoms with Gasteiger partial charge in [-0.05, 0) is 30.2 Å². The van der Waals surface area contributed by atoms with Crippen molar-refractivity contribution in [3.63, 3.8) is 0 Å². The number of carbonyl (C=O) groups excluding carboxylic acids is 2. The fraction of sp³-hybridized carbons (Fsp3) is 0.167. The summed E-state index contributed by atoms with van der Waals surface area (Å²) >= 11 is 0. The Kier molecular flexibility index (Phi) is 5.91. The van der Waals surface area contributed by atoms with Crippen LogP contribution in [-0.2, 0) is 0 Å². The molecule has 0 saturated heterocycles. The van der Waals surface area contributed by atoms with Crippen LogP contribution in [0.5, 0.6) is 17.2 Å². The van der Waals surface area contributed by atoms with E-state index in [0.717, 1.165) is 31.0 Å². The van der Waals surface area contributed by atoms with E-state index in [0.29, 0.717) is 12.4 Å². The van der Waals surface area contributed by atoms with Gasteiger partial charge in [-0.2, -0.15) is 0 Å². The average Bonchev–Trinajstić information content (AvgIpc) is 2.82. The molecule has 0 fully saturated rings. The van der Waals surface area contributed by atoms with E-state index in [-0.39, 0.29) is 11.1 Å². The van der Waals surface area contributed by atoms with Crippen LogP contribution in [-0.4, -0.2) is 38.2 Å². The van der Waals surface area contributed by atoms with Crippen molar-refractivity contribution < 1.29 is 34.4 Å². The summed E-state index contributed by atoms with van der Waals surface area (Å²) in [5, 5.41) is 44.5. The Morgan fingerprint density at radius 3 is 2.03 bits per heavy atom. The molecule has 11 heteroatoms. The summed E-state index contributed by atoms with van der Waals surface area (Å²) < 4.78 is 5.58. The third kappa shape index (κ3) is 3.82. The van der Waals surface area contributed by atoms with Crippen molar-refractivity contribution >= 4 is 22.9 Å². The van der Waals surface area contributed by atoms with E-state index >= 15 is 0 Å². The zero-order chi connectivity index (χ0) is 25.4. The molecule has 178 valence electrons. The maximum Gasteiger partial charge on any atom is 0.282 e. The van der Waals surface area contributed by atoms with Gasteiger partial charge in [0, 0.05) is 17.7 Å². The maximum atomic E-state index is 13.3. The monoisotopic (exact) mass is 478 g/mol. The number of rotatable bonds is 7. The van der Waals surface area contributed by atoms with Gasteiger partial charge in [0.25, 0.3) is 11.4 Å². The van der Waals surface area contributed by atoms with Crippen molar-refractivity contribution in [1.29, 1.82) is 0 Å². The summed E-state index contributed by atoms with van der Waals surface area (Å²) in [4.78, 5) is 48.1. The number of benzene rings is 3. The predicted octanol–water partition coefficient (Wildman–Crippen LogP) is 4.54. The van der Waals surface area contributed by atoms with E-state index in [1.165, 1.54) is 12.1 Å². The molecule has 0 bridgehead atoms. The van der Waals surface area contributed by atoms with Crippen molar-refractivity contribution in [3.05, 3.63) is 84.9 Å². The van der Waals surface area contributed by atoms with Gasteiger partial charge in [0.2, 0.25) is 11.6 Å². The molecule has 0 unspecified atom stereocenters. The first kappa shape index (κ1) is 23.4. The summed E-state index contributed by atoms with van der Waals surface area (Å²) in [5.41, 5.74) is -4.34. The number of unbranched alkanes of at least 4 members (excludes halogenated alkanes) is 1. The number of nitro groups is 2. The molecule has 0 radical (unpaired) electrons. The number of ketones is 2. The van der Waals surface area contributed by atoms with Crippen LogP contribution >= 0.6 is 0 Å². The molecule has 1 aliphatic carbocycles. The van der Waals surface area contributed by atoms with E-state index in [9.17, 15) is 40.0 Å². The van der Waals surface area contributed by atoms with E-state index in [2.05, 4.69) is 0 Å². The van der Waals surface area contributed by atoms with Gasteiger partial charge < -0.3 is 14.9 Å². The van der Waals surface area contributed by atoms with Crippen LogP contribution in [0.4, 0.5) is 11.4 Å². The summed E-state index contributed by atoms with van der Waals surface area (Å²) in [5.74, 6) is -3.32. The topological polar surface area (TPSA) is 170 Å². The number of hydrogen-bond acceptors (Lipinski definition) is 9. The van der Waals surface area contributed by atoms with Crippen LogP contribution in [0.25, 0.3) is 11.1 Å². The van der Waals surface area contributed by atoms with Gasteiger partial charge >= 0.3 is 0 Å². The lowest BCUT2D eigenvalue weighted by Gasteiger charge is -2.20. The van der Waals surface area contributed by atoms with Gasteiger partial charge in [0.1, 0.15) is 28.4 Å². The fourth-order valence-corrected chi connectivity index (χ4v) is 3.98. The third-order valence-electron chi connectivity index (χ3n) is 5.67. The first-order valence-electron chi connectivity index (χ1n) is 10.5. The summed E-state index contributed by atoms with van der Waals surface area (Å²) in [6.45, 7) is 2.51. The van der Waals surface area contributed by atoms with Crippen molar-refractivity contribution in [2.75, 3.05) is 6.61 Å². The van der Waals surface area contributed by atoms with E-state index < -0.39 is 66.5 Å². The van der Waals surface area contributed by atoms with Gasteiger partial charge in [0.05, 0.1) is 27.6 Å². The highest BCUT2D eigenvalue weighted by atomic mass is 16.6. The number of fused-ring (bicyclic) bond motifs is 2. The molecule has 0 amide bonds. The summed E-state index contributed by atoms with van der Waals surface area (Å²) in [6.07, 6.45) is 1.79. The lowest BCUT2D eigenvalue weighted by atomic mass is 9.80. The number of nitrogens with zero attached hydrogens (tertiary/aromatic N) is 2. The molecule has 0 aliphatic heterocycles. The third-order valence-corrected chi connectivity index (χ3v) is 5.67. The average molecular weight is 478 g/mol. The molecular weight excluding hydrogens is 460 g/mol. The molecule has 0 spiro atoms. The Morgan fingerprint density at radius 2 is 1.43 bits per heavy atom. The number of nitro benzene ring substituents is 2. The van der Waals surface area contributed by atoms with Crippen LogP contribution in [0.2, 0.25) is 0 Å². The number of phenolic OH excluding ortho intramolecular Hbond substituents is 2. The normalized spacial score (nSPS) is 12.1. The van der Waals surface area contributed by atoms with Crippen molar-refractivity contribution in [2.45, 2.75) is 19.8 Å². The van der Waals surface area contributed by atoms with E-state index in [4.69, 9.17) is 4.74 Å². The van der Waals surface area contributed by atoms with Gasteiger partial charge in [-0.15, -0.1) is 0 Å². The second-order valence-corrected chi connectivity index (χ2v) is 7.79. The molecular formula is C24H18N2O9. The number of ether oxygens (including phenoxy) is 1. The molecule has 4 rings (SSSR count). The number of hydrogen-bond donors (Lipinski definition) is 2. The Morgan fingerprint density at radius 1 is 0.829 bits per heavy atom. The standard InChI is InChI=1S/C24H18N2O9/c1-2-3-10-35-13-6-4-12(5-7-13)14-11-16(26(33)34)19-21(22(14)28)24(30)18-15(25(31)32)8-9-17(27)20(18)23(19)29/h4-9,11,27-28H,2-3,10H2,1H3. The fourth-order valence-electron chi connectivity index (χ4n) is 3.98. The summed E-state index contributed by atoms with van der Waals surface area (Å²) in [6, 6.07) is 8.86. The van der Waals surface area contributed by atoms with Crippen molar-refractivity contribution in [1.82, 2.24) is 0 Å². The number of phenols is 2. The molecule has 3 aromatic carbocycles. The highest BCUT2D eigenvalue weighted by molar-refractivity contribution is 6.33. The highest BCUT2D eigenvalue weighted by Crippen LogP contribution is 2.47. The first-order chi connectivity index (χ1) is 16.7. The molecule has 35 heavy (non-hydrogen) atoms. The zero-order valence-electron chi connectivity index (χ0n) is 18.3. The molecule has 0 heterocycles. The van der Waals surface area contributed by atoms with E-state index in [1.54, 1.807) is 12.1 Å². The molecule has 1 aliphatic rings. The zero-order valence-corrected chi connectivity index (χ0v) is 18.3. The summed E-state index contributed by atoms with van der Waals surface area (Å²) in [7, 11) is 0. The van der Waals surface area contributed by atoms with Gasteiger partial charge in [0.15, 0.2) is 0 Å². The largest absolute Gasteiger partial charge is 0.507 e. The molecule has 0 aromatic heterocycles. The second-order valence-electron chi connectivity index (χ2n) is 7.79.